The van der Waals surface area contributed by atoms with Crippen molar-refractivity contribution in [3.05, 3.63) is 22.7 Å². The molecule has 4 heteroatoms. The van der Waals surface area contributed by atoms with Crippen molar-refractivity contribution in [1.82, 2.24) is 0 Å². The van der Waals surface area contributed by atoms with Gasteiger partial charge < -0.3 is 10.6 Å². The van der Waals surface area contributed by atoms with Crippen molar-refractivity contribution in [2.75, 3.05) is 17.2 Å². The molecule has 0 atom stereocenters. The first-order chi connectivity index (χ1) is 7.63. The number of amides is 1. The van der Waals surface area contributed by atoms with Crippen LogP contribution in [0, 0.1) is 0 Å². The van der Waals surface area contributed by atoms with Crippen molar-refractivity contribution < 1.29 is 4.79 Å². The van der Waals surface area contributed by atoms with Gasteiger partial charge in [0.05, 0.1) is 11.4 Å². The maximum atomic E-state index is 11.8. The monoisotopic (exact) mass is 238 g/mol. The molecule has 1 aromatic carbocycles. The number of carbonyl (C=O) groups excluding carboxylic acids is 1. The summed E-state index contributed by atoms with van der Waals surface area (Å²) >= 11 is 5.96. The zero-order valence-corrected chi connectivity index (χ0v) is 10.0. The summed E-state index contributed by atoms with van der Waals surface area (Å²) in [4.78, 5) is 13.6. The summed E-state index contributed by atoms with van der Waals surface area (Å²) in [6, 6.07) is 3.62. The van der Waals surface area contributed by atoms with Gasteiger partial charge in [0.25, 0.3) is 0 Å². The van der Waals surface area contributed by atoms with Gasteiger partial charge in [0, 0.05) is 18.0 Å². The molecule has 86 valence electrons. The normalized spacial score (nSPS) is 14.8. The zero-order chi connectivity index (χ0) is 11.7. The standard InChI is InChI=1S/C12H15ClN2O/c1-2-11(16)15-5-3-4-8-6-9(13)7-10(14)12(8)15/h6-7H,2-5,14H2,1H3. The van der Waals surface area contributed by atoms with Gasteiger partial charge >= 0.3 is 0 Å². The smallest absolute Gasteiger partial charge is 0.226 e. The molecule has 0 aromatic heterocycles. The minimum absolute atomic E-state index is 0.120. The number of carbonyl (C=O) groups is 1. The van der Waals surface area contributed by atoms with E-state index >= 15 is 0 Å². The first-order valence-electron chi connectivity index (χ1n) is 5.51. The Morgan fingerprint density at radius 3 is 3.00 bits per heavy atom. The second kappa shape index (κ2) is 4.34. The van der Waals surface area contributed by atoms with Gasteiger partial charge in [-0.1, -0.05) is 18.5 Å². The van der Waals surface area contributed by atoms with Gasteiger partial charge in [-0.2, -0.15) is 0 Å². The molecule has 1 heterocycles. The highest BCUT2D eigenvalue weighted by molar-refractivity contribution is 6.31. The Balaban J connectivity index is 2.49. The summed E-state index contributed by atoms with van der Waals surface area (Å²) < 4.78 is 0. The summed E-state index contributed by atoms with van der Waals surface area (Å²) in [5.74, 6) is 0.120. The van der Waals surface area contributed by atoms with Crippen LogP contribution in [0.4, 0.5) is 11.4 Å². The molecule has 3 nitrogen and oxygen atoms in total. The van der Waals surface area contributed by atoms with Crippen LogP contribution in [0.5, 0.6) is 0 Å². The minimum atomic E-state index is 0.120. The summed E-state index contributed by atoms with van der Waals surface area (Å²) in [5, 5.41) is 0.641. The molecule has 0 bridgehead atoms. The fraction of sp³-hybridized carbons (Fsp3) is 0.417. The molecule has 1 aromatic rings. The average molecular weight is 239 g/mol. The highest BCUT2D eigenvalue weighted by Crippen LogP contribution is 2.35. The lowest BCUT2D eigenvalue weighted by Gasteiger charge is -2.30. The molecule has 2 N–H and O–H groups in total. The van der Waals surface area contributed by atoms with Gasteiger partial charge in [-0.05, 0) is 30.5 Å². The SMILES string of the molecule is CCC(=O)N1CCCc2cc(Cl)cc(N)c21. The number of hydrogen-bond donors (Lipinski definition) is 1. The zero-order valence-electron chi connectivity index (χ0n) is 9.29. The summed E-state index contributed by atoms with van der Waals surface area (Å²) in [6.07, 6.45) is 2.41. The van der Waals surface area contributed by atoms with Gasteiger partial charge in [-0.25, -0.2) is 0 Å². The Morgan fingerprint density at radius 2 is 2.31 bits per heavy atom. The fourth-order valence-corrected chi connectivity index (χ4v) is 2.43. The van der Waals surface area contributed by atoms with E-state index in [-0.39, 0.29) is 5.91 Å². The number of nitrogen functional groups attached to an aromatic ring is 1. The number of fused-ring (bicyclic) bond motifs is 1. The van der Waals surface area contributed by atoms with E-state index in [0.29, 0.717) is 17.1 Å². The van der Waals surface area contributed by atoms with Crippen LogP contribution in [0.25, 0.3) is 0 Å². The van der Waals surface area contributed by atoms with E-state index in [1.165, 1.54) is 0 Å². The van der Waals surface area contributed by atoms with Crippen LogP contribution in [-0.2, 0) is 11.2 Å². The third-order valence-corrected chi connectivity index (χ3v) is 3.10. The quantitative estimate of drug-likeness (QED) is 0.765. The number of rotatable bonds is 1. The lowest BCUT2D eigenvalue weighted by molar-refractivity contribution is -0.118. The Hall–Kier alpha value is -1.22. The predicted molar refractivity (Wildman–Crippen MR) is 66.8 cm³/mol. The molecule has 0 saturated heterocycles. The molecule has 0 fully saturated rings. The van der Waals surface area contributed by atoms with Crippen molar-refractivity contribution >= 4 is 28.9 Å². The summed E-state index contributed by atoms with van der Waals surface area (Å²) in [5.41, 5.74) is 8.49. The van der Waals surface area contributed by atoms with Crippen LogP contribution in [0.3, 0.4) is 0 Å². The average Bonchev–Trinajstić information content (AvgIpc) is 2.26. The van der Waals surface area contributed by atoms with Crippen LogP contribution in [0.2, 0.25) is 5.02 Å². The molecule has 0 radical (unpaired) electrons. The molecule has 0 spiro atoms. The Bertz CT molecular complexity index is 431. The molecule has 16 heavy (non-hydrogen) atoms. The largest absolute Gasteiger partial charge is 0.397 e. The Morgan fingerprint density at radius 1 is 1.56 bits per heavy atom. The molecular formula is C12H15ClN2O. The van der Waals surface area contributed by atoms with Gasteiger partial charge in [-0.3, -0.25) is 4.79 Å². The van der Waals surface area contributed by atoms with Crippen molar-refractivity contribution in [2.24, 2.45) is 0 Å². The molecule has 2 rings (SSSR count). The number of nitrogens with zero attached hydrogens (tertiary/aromatic N) is 1. The van der Waals surface area contributed by atoms with Crippen LogP contribution in [0.1, 0.15) is 25.3 Å². The second-order valence-electron chi connectivity index (χ2n) is 4.01. The number of nitrogens with two attached hydrogens (primary N) is 1. The number of halogens is 1. The number of benzene rings is 1. The lowest BCUT2D eigenvalue weighted by Crippen LogP contribution is -2.35. The van der Waals surface area contributed by atoms with Crippen molar-refractivity contribution in [3.8, 4) is 0 Å². The topological polar surface area (TPSA) is 46.3 Å². The first kappa shape index (κ1) is 11.3. The predicted octanol–water partition coefficient (Wildman–Crippen LogP) is 2.61. The van der Waals surface area contributed by atoms with Crippen molar-refractivity contribution in [2.45, 2.75) is 26.2 Å². The van der Waals surface area contributed by atoms with E-state index in [9.17, 15) is 4.79 Å². The summed E-state index contributed by atoms with van der Waals surface area (Å²) in [6.45, 7) is 2.62. The molecule has 1 aliphatic rings. The van der Waals surface area contributed by atoms with Gasteiger partial charge in [0.15, 0.2) is 0 Å². The van der Waals surface area contributed by atoms with E-state index in [1.807, 2.05) is 13.0 Å². The first-order valence-corrected chi connectivity index (χ1v) is 5.89. The van der Waals surface area contributed by atoms with Crippen LogP contribution in [0.15, 0.2) is 12.1 Å². The minimum Gasteiger partial charge on any atom is -0.397 e. The van der Waals surface area contributed by atoms with E-state index in [1.54, 1.807) is 11.0 Å². The van der Waals surface area contributed by atoms with E-state index in [0.717, 1.165) is 30.6 Å². The Labute approximate surface area is 100 Å². The third-order valence-electron chi connectivity index (χ3n) is 2.88. The summed E-state index contributed by atoms with van der Waals surface area (Å²) in [7, 11) is 0. The molecule has 0 unspecified atom stereocenters. The molecule has 0 saturated carbocycles. The molecular weight excluding hydrogens is 224 g/mol. The number of anilines is 2. The van der Waals surface area contributed by atoms with Crippen molar-refractivity contribution in [3.63, 3.8) is 0 Å². The number of hydrogen-bond acceptors (Lipinski definition) is 2. The van der Waals surface area contributed by atoms with Gasteiger partial charge in [0.2, 0.25) is 5.91 Å². The van der Waals surface area contributed by atoms with E-state index in [4.69, 9.17) is 17.3 Å². The van der Waals surface area contributed by atoms with Crippen LogP contribution in [-0.4, -0.2) is 12.5 Å². The lowest BCUT2D eigenvalue weighted by atomic mass is 10.00. The van der Waals surface area contributed by atoms with Gasteiger partial charge in [-0.15, -0.1) is 0 Å². The van der Waals surface area contributed by atoms with E-state index < -0.39 is 0 Å². The number of aryl methyl sites for hydroxylation is 1. The highest BCUT2D eigenvalue weighted by Gasteiger charge is 2.23. The molecule has 1 aliphatic heterocycles. The maximum absolute atomic E-state index is 11.8. The second-order valence-corrected chi connectivity index (χ2v) is 4.44. The van der Waals surface area contributed by atoms with Crippen LogP contribution >= 0.6 is 11.6 Å². The van der Waals surface area contributed by atoms with Crippen LogP contribution < -0.4 is 10.6 Å². The maximum Gasteiger partial charge on any atom is 0.226 e. The molecule has 0 aliphatic carbocycles. The van der Waals surface area contributed by atoms with Crippen molar-refractivity contribution in [1.29, 1.82) is 0 Å². The van der Waals surface area contributed by atoms with E-state index in [2.05, 4.69) is 0 Å². The third kappa shape index (κ3) is 1.87. The fourth-order valence-electron chi connectivity index (χ4n) is 2.18. The highest BCUT2D eigenvalue weighted by atomic mass is 35.5. The molecule has 1 amide bonds. The van der Waals surface area contributed by atoms with Gasteiger partial charge in [0.1, 0.15) is 0 Å². The Kier molecular flexibility index (Phi) is 3.06.